The lowest BCUT2D eigenvalue weighted by molar-refractivity contribution is -0.149. The van der Waals surface area contributed by atoms with Crippen molar-refractivity contribution in [1.29, 1.82) is 0 Å². The summed E-state index contributed by atoms with van der Waals surface area (Å²) in [5, 5.41) is 0. The van der Waals surface area contributed by atoms with Crippen molar-refractivity contribution in [2.45, 2.75) is 52.0 Å². The number of nitrogens with two attached hydrogens (primary N) is 1. The van der Waals surface area contributed by atoms with E-state index in [0.717, 1.165) is 25.7 Å². The average molecular weight is 284 g/mol. The van der Waals surface area contributed by atoms with Crippen molar-refractivity contribution in [3.05, 3.63) is 0 Å². The van der Waals surface area contributed by atoms with Crippen LogP contribution in [0.15, 0.2) is 0 Å². The van der Waals surface area contributed by atoms with Crippen LogP contribution in [0.4, 0.5) is 0 Å². The number of hydrogen-bond donors (Lipinski definition) is 1. The van der Waals surface area contributed by atoms with Gasteiger partial charge in [-0.05, 0) is 31.6 Å². The third-order valence-corrected chi connectivity index (χ3v) is 4.35. The van der Waals surface area contributed by atoms with E-state index >= 15 is 0 Å². The number of methoxy groups -OCH3 is 1. The molecule has 0 spiro atoms. The Balaban J connectivity index is 2.79. The Bertz CT molecular complexity index is 347. The summed E-state index contributed by atoms with van der Waals surface area (Å²) in [6.07, 6.45) is 3.95. The summed E-state index contributed by atoms with van der Waals surface area (Å²) in [6, 6.07) is 0. The molecule has 0 aromatic heterocycles. The predicted molar refractivity (Wildman–Crippen MR) is 78.0 cm³/mol. The molecule has 1 atom stereocenters. The highest BCUT2D eigenvalue weighted by molar-refractivity contribution is 5.89. The zero-order valence-corrected chi connectivity index (χ0v) is 13.1. The zero-order valence-electron chi connectivity index (χ0n) is 13.1. The van der Waals surface area contributed by atoms with Gasteiger partial charge in [0.15, 0.2) is 0 Å². The van der Waals surface area contributed by atoms with E-state index in [9.17, 15) is 9.59 Å². The molecule has 1 fully saturated rings. The maximum Gasteiger partial charge on any atom is 0.325 e. The van der Waals surface area contributed by atoms with E-state index in [-0.39, 0.29) is 18.4 Å². The van der Waals surface area contributed by atoms with Gasteiger partial charge in [-0.15, -0.1) is 0 Å². The van der Waals surface area contributed by atoms with Crippen LogP contribution >= 0.6 is 0 Å². The Morgan fingerprint density at radius 3 is 2.30 bits per heavy atom. The summed E-state index contributed by atoms with van der Waals surface area (Å²) >= 11 is 0. The summed E-state index contributed by atoms with van der Waals surface area (Å²) in [5.41, 5.74) is 5.34. The van der Waals surface area contributed by atoms with E-state index in [1.807, 2.05) is 0 Å². The highest BCUT2D eigenvalue weighted by Crippen LogP contribution is 2.39. The van der Waals surface area contributed by atoms with Crippen molar-refractivity contribution in [2.24, 2.45) is 17.6 Å². The Hall–Kier alpha value is -1.10. The Morgan fingerprint density at radius 1 is 1.35 bits per heavy atom. The van der Waals surface area contributed by atoms with Crippen molar-refractivity contribution in [3.8, 4) is 0 Å². The minimum absolute atomic E-state index is 0.00859. The highest BCUT2D eigenvalue weighted by Gasteiger charge is 2.46. The second kappa shape index (κ2) is 7.07. The lowest BCUT2D eigenvalue weighted by atomic mass is 9.94. The normalized spacial score (nSPS) is 17.7. The minimum Gasteiger partial charge on any atom is -0.468 e. The summed E-state index contributed by atoms with van der Waals surface area (Å²) in [6.45, 7) is 6.53. The monoisotopic (exact) mass is 284 g/mol. The van der Waals surface area contributed by atoms with Gasteiger partial charge in [0.25, 0.3) is 0 Å². The number of esters is 1. The molecule has 0 saturated heterocycles. The predicted octanol–water partition coefficient (Wildman–Crippen LogP) is 1.55. The molecule has 20 heavy (non-hydrogen) atoms. The van der Waals surface area contributed by atoms with Crippen LogP contribution in [-0.4, -0.2) is 42.5 Å². The molecule has 0 bridgehead atoms. The van der Waals surface area contributed by atoms with Gasteiger partial charge in [-0.3, -0.25) is 9.59 Å². The lowest BCUT2D eigenvalue weighted by Crippen LogP contribution is -2.56. The molecule has 1 saturated carbocycles. The van der Waals surface area contributed by atoms with Crippen molar-refractivity contribution in [2.75, 3.05) is 20.2 Å². The first-order valence-electron chi connectivity index (χ1n) is 7.51. The number of nitrogens with zero attached hydrogens (tertiary/aromatic N) is 1. The fourth-order valence-corrected chi connectivity index (χ4v) is 2.50. The van der Waals surface area contributed by atoms with Crippen molar-refractivity contribution < 1.29 is 14.3 Å². The van der Waals surface area contributed by atoms with Crippen LogP contribution < -0.4 is 5.73 Å². The molecule has 116 valence electrons. The highest BCUT2D eigenvalue weighted by atomic mass is 16.5. The largest absolute Gasteiger partial charge is 0.468 e. The van der Waals surface area contributed by atoms with Crippen LogP contribution in [-0.2, 0) is 14.3 Å². The molecule has 1 aliphatic rings. The molecule has 0 heterocycles. The maximum absolute atomic E-state index is 12.7. The molecular formula is C15H28N2O3. The fraction of sp³-hybridized carbons (Fsp3) is 0.867. The first kappa shape index (κ1) is 17.0. The second-order valence-corrected chi connectivity index (χ2v) is 6.00. The molecule has 5 nitrogen and oxygen atoms in total. The molecule has 0 aromatic carbocycles. The van der Waals surface area contributed by atoms with Crippen LogP contribution in [0.1, 0.15) is 46.5 Å². The van der Waals surface area contributed by atoms with Gasteiger partial charge in [0.05, 0.1) is 12.6 Å². The number of carbonyl (C=O) groups is 2. The van der Waals surface area contributed by atoms with Gasteiger partial charge in [0.2, 0.25) is 5.91 Å². The zero-order chi connectivity index (χ0) is 15.3. The van der Waals surface area contributed by atoms with Crippen molar-refractivity contribution >= 4 is 11.9 Å². The van der Waals surface area contributed by atoms with E-state index in [0.29, 0.717) is 12.5 Å². The Morgan fingerprint density at radius 2 is 1.90 bits per heavy atom. The average Bonchev–Trinajstić information content (AvgIpc) is 3.27. The summed E-state index contributed by atoms with van der Waals surface area (Å²) in [7, 11) is 1.34. The van der Waals surface area contributed by atoms with Crippen LogP contribution in [0, 0.1) is 11.8 Å². The minimum atomic E-state index is -0.861. The lowest BCUT2D eigenvalue weighted by Gasteiger charge is -2.33. The quantitative estimate of drug-likeness (QED) is 0.686. The molecule has 0 aromatic rings. The van der Waals surface area contributed by atoms with Crippen molar-refractivity contribution in [1.82, 2.24) is 4.90 Å². The number of rotatable bonds is 8. The van der Waals surface area contributed by atoms with Gasteiger partial charge in [-0.1, -0.05) is 26.7 Å². The third-order valence-electron chi connectivity index (χ3n) is 4.35. The number of carbonyl (C=O) groups excluding carboxylic acids is 2. The van der Waals surface area contributed by atoms with Crippen LogP contribution in [0.25, 0.3) is 0 Å². The van der Waals surface area contributed by atoms with Gasteiger partial charge in [0.1, 0.15) is 6.54 Å². The van der Waals surface area contributed by atoms with E-state index in [4.69, 9.17) is 10.5 Å². The summed E-state index contributed by atoms with van der Waals surface area (Å²) in [5.74, 6) is 0.115. The SMILES string of the molecule is CCC(CC)CN(CC(=O)OC)C(=O)C(C)(N)C1CC1. The molecule has 1 amide bonds. The van der Waals surface area contributed by atoms with E-state index in [2.05, 4.69) is 13.8 Å². The molecule has 0 radical (unpaired) electrons. The van der Waals surface area contributed by atoms with Crippen LogP contribution in [0.3, 0.4) is 0 Å². The maximum atomic E-state index is 12.7. The standard InChI is InChI=1S/C15H28N2O3/c1-5-11(6-2)9-17(10-13(18)20-4)14(19)15(3,16)12-7-8-12/h11-12H,5-10,16H2,1-4H3. The number of amides is 1. The summed E-state index contributed by atoms with van der Waals surface area (Å²) < 4.78 is 4.69. The molecule has 0 aliphatic heterocycles. The van der Waals surface area contributed by atoms with Crippen LogP contribution in [0.2, 0.25) is 0 Å². The number of ether oxygens (including phenoxy) is 1. The van der Waals surface area contributed by atoms with Gasteiger partial charge in [-0.2, -0.15) is 0 Å². The fourth-order valence-electron chi connectivity index (χ4n) is 2.50. The van der Waals surface area contributed by atoms with Gasteiger partial charge >= 0.3 is 5.97 Å². The van der Waals surface area contributed by atoms with Gasteiger partial charge in [-0.25, -0.2) is 0 Å². The molecule has 1 aliphatic carbocycles. The topological polar surface area (TPSA) is 72.6 Å². The Kier molecular flexibility index (Phi) is 5.99. The first-order chi connectivity index (χ1) is 9.36. The summed E-state index contributed by atoms with van der Waals surface area (Å²) in [4.78, 5) is 25.8. The van der Waals surface area contributed by atoms with E-state index in [1.165, 1.54) is 7.11 Å². The van der Waals surface area contributed by atoms with E-state index in [1.54, 1.807) is 11.8 Å². The van der Waals surface area contributed by atoms with Crippen LogP contribution in [0.5, 0.6) is 0 Å². The third kappa shape index (κ3) is 4.20. The molecule has 1 unspecified atom stereocenters. The number of hydrogen-bond acceptors (Lipinski definition) is 4. The molecule has 1 rings (SSSR count). The second-order valence-electron chi connectivity index (χ2n) is 6.00. The van der Waals surface area contributed by atoms with Gasteiger partial charge < -0.3 is 15.4 Å². The van der Waals surface area contributed by atoms with Gasteiger partial charge in [0, 0.05) is 6.54 Å². The van der Waals surface area contributed by atoms with Crippen molar-refractivity contribution in [3.63, 3.8) is 0 Å². The van der Waals surface area contributed by atoms with E-state index < -0.39 is 11.5 Å². The molecule has 2 N–H and O–H groups in total. The smallest absolute Gasteiger partial charge is 0.325 e. The molecular weight excluding hydrogens is 256 g/mol. The Labute approximate surface area is 121 Å². The first-order valence-corrected chi connectivity index (χ1v) is 7.51. The molecule has 5 heteroatoms.